The van der Waals surface area contributed by atoms with E-state index >= 15 is 0 Å². The molecule has 0 atom stereocenters. The molecule has 1 saturated heterocycles. The maximum absolute atomic E-state index is 12.1. The van der Waals surface area contributed by atoms with Gasteiger partial charge in [0.05, 0.1) is 0 Å². The molecule has 0 aliphatic carbocycles. The summed E-state index contributed by atoms with van der Waals surface area (Å²) in [6, 6.07) is 0. The highest BCUT2D eigenvalue weighted by Gasteiger charge is 2.25. The fourth-order valence-electron chi connectivity index (χ4n) is 2.62. The number of carbonyl (C=O) groups excluding carboxylic acids is 1. The molecule has 8 heteroatoms. The number of aliphatic imine (C=N–C) groups is 1. The molecule has 2 N–H and O–H groups in total. The van der Waals surface area contributed by atoms with Crippen LogP contribution in [-0.4, -0.2) is 80.3 Å². The van der Waals surface area contributed by atoms with Gasteiger partial charge in [-0.15, -0.1) is 24.0 Å². The summed E-state index contributed by atoms with van der Waals surface area (Å²) < 4.78 is 5.43. The lowest BCUT2D eigenvalue weighted by Gasteiger charge is -2.35. The molecule has 0 aromatic carbocycles. The Kier molecular flexibility index (Phi) is 13.0. The van der Waals surface area contributed by atoms with Gasteiger partial charge >= 0.3 is 6.09 Å². The molecule has 1 amide bonds. The monoisotopic (exact) mass is 483 g/mol. The van der Waals surface area contributed by atoms with Crippen LogP contribution in [0.3, 0.4) is 0 Å². The van der Waals surface area contributed by atoms with Crippen LogP contribution in [0.4, 0.5) is 4.79 Å². The standard InChI is InChI=1S/C18H37N5O2.HI/c1-6-7-8-9-20-16(19-5)21-10-11-22-12-14-23(15-13-22)17(24)25-18(2,3)4;/h6-15H2,1-5H3,(H2,19,20,21);1H. The van der Waals surface area contributed by atoms with Gasteiger partial charge in [-0.2, -0.15) is 0 Å². The first-order chi connectivity index (χ1) is 11.9. The number of amides is 1. The molecule has 1 aliphatic heterocycles. The van der Waals surface area contributed by atoms with Gasteiger partial charge in [0.1, 0.15) is 5.60 Å². The molecular weight excluding hydrogens is 445 g/mol. The summed E-state index contributed by atoms with van der Waals surface area (Å²) in [5, 5.41) is 6.69. The van der Waals surface area contributed by atoms with E-state index in [4.69, 9.17) is 4.74 Å². The Balaban J connectivity index is 0.00000625. The van der Waals surface area contributed by atoms with Crippen molar-refractivity contribution >= 4 is 36.0 Å². The zero-order valence-corrected chi connectivity index (χ0v) is 19.5. The van der Waals surface area contributed by atoms with Gasteiger partial charge in [0.15, 0.2) is 5.96 Å². The Hall–Kier alpha value is -0.770. The highest BCUT2D eigenvalue weighted by atomic mass is 127. The SMILES string of the molecule is CCCCCNC(=NC)NCCN1CCN(C(=O)OC(C)(C)C)CC1.I. The fraction of sp³-hybridized carbons (Fsp3) is 0.889. The number of nitrogens with zero attached hydrogens (tertiary/aromatic N) is 3. The summed E-state index contributed by atoms with van der Waals surface area (Å²) in [5.74, 6) is 0.864. The van der Waals surface area contributed by atoms with Gasteiger partial charge < -0.3 is 20.3 Å². The van der Waals surface area contributed by atoms with Crippen molar-refractivity contribution in [2.24, 2.45) is 4.99 Å². The van der Waals surface area contributed by atoms with Crippen LogP contribution in [0.5, 0.6) is 0 Å². The van der Waals surface area contributed by atoms with Crippen LogP contribution in [0.15, 0.2) is 4.99 Å². The highest BCUT2D eigenvalue weighted by Crippen LogP contribution is 2.11. The number of nitrogens with one attached hydrogen (secondary N) is 2. The van der Waals surface area contributed by atoms with Crippen LogP contribution < -0.4 is 10.6 Å². The first kappa shape index (κ1) is 25.2. The van der Waals surface area contributed by atoms with E-state index in [9.17, 15) is 4.79 Å². The Morgan fingerprint density at radius 2 is 1.69 bits per heavy atom. The molecule has 0 spiro atoms. The van der Waals surface area contributed by atoms with Crippen molar-refractivity contribution in [3.8, 4) is 0 Å². The summed E-state index contributed by atoms with van der Waals surface area (Å²) in [4.78, 5) is 20.5. The van der Waals surface area contributed by atoms with Gasteiger partial charge in [-0.05, 0) is 27.2 Å². The second-order valence-electron chi connectivity index (χ2n) is 7.44. The number of rotatable bonds is 7. The molecule has 1 heterocycles. The van der Waals surface area contributed by atoms with Gasteiger partial charge in [0.2, 0.25) is 0 Å². The molecule has 0 aromatic heterocycles. The molecular formula is C18H38IN5O2. The summed E-state index contributed by atoms with van der Waals surface area (Å²) >= 11 is 0. The number of halogens is 1. The lowest BCUT2D eigenvalue weighted by Crippen LogP contribution is -2.51. The average molecular weight is 483 g/mol. The molecule has 26 heavy (non-hydrogen) atoms. The Labute approximate surface area is 176 Å². The zero-order valence-electron chi connectivity index (χ0n) is 17.1. The maximum Gasteiger partial charge on any atom is 0.410 e. The quantitative estimate of drug-likeness (QED) is 0.252. The van der Waals surface area contributed by atoms with Gasteiger partial charge in [-0.25, -0.2) is 4.79 Å². The molecule has 0 bridgehead atoms. The summed E-state index contributed by atoms with van der Waals surface area (Å²) in [6.07, 6.45) is 3.43. The zero-order chi connectivity index (χ0) is 18.7. The van der Waals surface area contributed by atoms with Gasteiger partial charge in [-0.1, -0.05) is 19.8 Å². The largest absolute Gasteiger partial charge is 0.444 e. The number of carbonyl (C=O) groups is 1. The maximum atomic E-state index is 12.1. The minimum Gasteiger partial charge on any atom is -0.444 e. The van der Waals surface area contributed by atoms with E-state index in [0.29, 0.717) is 0 Å². The molecule has 154 valence electrons. The van der Waals surface area contributed by atoms with E-state index in [2.05, 4.69) is 27.4 Å². The van der Waals surface area contributed by atoms with Crippen molar-refractivity contribution in [3.63, 3.8) is 0 Å². The number of hydrogen-bond acceptors (Lipinski definition) is 4. The third kappa shape index (κ3) is 11.1. The van der Waals surface area contributed by atoms with Crippen LogP contribution in [0.1, 0.15) is 47.0 Å². The van der Waals surface area contributed by atoms with Crippen LogP contribution in [0, 0.1) is 0 Å². The Morgan fingerprint density at radius 3 is 2.23 bits per heavy atom. The molecule has 0 radical (unpaired) electrons. The van der Waals surface area contributed by atoms with Crippen LogP contribution in [0.2, 0.25) is 0 Å². The van der Waals surface area contributed by atoms with Crippen molar-refractivity contribution in [1.29, 1.82) is 0 Å². The third-order valence-corrected chi connectivity index (χ3v) is 4.04. The average Bonchev–Trinajstić information content (AvgIpc) is 2.56. The predicted octanol–water partition coefficient (Wildman–Crippen LogP) is 2.51. The summed E-state index contributed by atoms with van der Waals surface area (Å²) in [7, 11) is 1.80. The topological polar surface area (TPSA) is 69.2 Å². The second kappa shape index (κ2) is 13.4. The Morgan fingerprint density at radius 1 is 1.08 bits per heavy atom. The lowest BCUT2D eigenvalue weighted by molar-refractivity contribution is 0.0147. The lowest BCUT2D eigenvalue weighted by atomic mass is 10.2. The van der Waals surface area contributed by atoms with Crippen molar-refractivity contribution in [2.45, 2.75) is 52.6 Å². The van der Waals surface area contributed by atoms with E-state index < -0.39 is 5.60 Å². The fourth-order valence-corrected chi connectivity index (χ4v) is 2.62. The highest BCUT2D eigenvalue weighted by molar-refractivity contribution is 14.0. The van der Waals surface area contributed by atoms with Gasteiger partial charge in [0, 0.05) is 52.9 Å². The van der Waals surface area contributed by atoms with Gasteiger partial charge in [-0.3, -0.25) is 9.89 Å². The van der Waals surface area contributed by atoms with E-state index in [1.807, 2.05) is 20.8 Å². The number of ether oxygens (including phenoxy) is 1. The van der Waals surface area contributed by atoms with E-state index in [-0.39, 0.29) is 30.1 Å². The van der Waals surface area contributed by atoms with Crippen molar-refractivity contribution in [1.82, 2.24) is 20.4 Å². The smallest absolute Gasteiger partial charge is 0.410 e. The number of hydrogen-bond donors (Lipinski definition) is 2. The molecule has 7 nitrogen and oxygen atoms in total. The van der Waals surface area contributed by atoms with Crippen LogP contribution in [0.25, 0.3) is 0 Å². The summed E-state index contributed by atoms with van der Waals surface area (Å²) in [6.45, 7) is 13.8. The number of guanidine groups is 1. The number of piperazine rings is 1. The third-order valence-electron chi connectivity index (χ3n) is 4.04. The molecule has 0 unspecified atom stereocenters. The normalized spacial score (nSPS) is 16.0. The molecule has 1 aliphatic rings. The van der Waals surface area contributed by atoms with Crippen LogP contribution >= 0.6 is 24.0 Å². The van der Waals surface area contributed by atoms with E-state index in [0.717, 1.165) is 51.8 Å². The predicted molar refractivity (Wildman–Crippen MR) is 119 cm³/mol. The first-order valence-corrected chi connectivity index (χ1v) is 9.50. The number of unbranched alkanes of at least 4 members (excludes halogenated alkanes) is 2. The molecule has 0 aromatic rings. The van der Waals surface area contributed by atoms with Crippen LogP contribution in [-0.2, 0) is 4.74 Å². The molecule has 1 fully saturated rings. The Bertz CT molecular complexity index is 418. The summed E-state index contributed by atoms with van der Waals surface area (Å²) in [5.41, 5.74) is -0.432. The molecule has 1 rings (SSSR count). The minimum absolute atomic E-state index is 0. The second-order valence-corrected chi connectivity index (χ2v) is 7.44. The molecule has 0 saturated carbocycles. The van der Waals surface area contributed by atoms with Crippen molar-refractivity contribution in [2.75, 3.05) is 52.9 Å². The van der Waals surface area contributed by atoms with E-state index in [1.165, 1.54) is 19.3 Å². The van der Waals surface area contributed by atoms with Crippen molar-refractivity contribution < 1.29 is 9.53 Å². The minimum atomic E-state index is -0.432. The van der Waals surface area contributed by atoms with E-state index in [1.54, 1.807) is 11.9 Å². The van der Waals surface area contributed by atoms with Crippen molar-refractivity contribution in [3.05, 3.63) is 0 Å². The first-order valence-electron chi connectivity index (χ1n) is 9.50. The van der Waals surface area contributed by atoms with Gasteiger partial charge in [0.25, 0.3) is 0 Å².